The summed E-state index contributed by atoms with van der Waals surface area (Å²) < 4.78 is 0. The first-order valence-electron chi connectivity index (χ1n) is 6.52. The van der Waals surface area contributed by atoms with E-state index in [-0.39, 0.29) is 0 Å². The van der Waals surface area contributed by atoms with Crippen molar-refractivity contribution in [3.63, 3.8) is 0 Å². The van der Waals surface area contributed by atoms with E-state index in [0.29, 0.717) is 12.1 Å². The number of aromatic nitrogens is 4. The van der Waals surface area contributed by atoms with Gasteiger partial charge >= 0.3 is 0 Å². The number of tetrazole rings is 1. The first kappa shape index (κ1) is 11.1. The van der Waals surface area contributed by atoms with E-state index < -0.39 is 0 Å². The molecule has 1 aromatic heterocycles. The molecular formula is C11H20N6. The van der Waals surface area contributed by atoms with Gasteiger partial charge in [-0.05, 0) is 62.8 Å². The highest BCUT2D eigenvalue weighted by Crippen LogP contribution is 2.33. The molecule has 1 aromatic rings. The minimum atomic E-state index is 0.415. The molecule has 0 bridgehead atoms. The zero-order chi connectivity index (χ0) is 11.7. The van der Waals surface area contributed by atoms with E-state index in [2.05, 4.69) is 37.5 Å². The molecular weight excluding hydrogens is 216 g/mol. The van der Waals surface area contributed by atoms with E-state index in [9.17, 15) is 0 Å². The summed E-state index contributed by atoms with van der Waals surface area (Å²) in [6, 6.07) is 1.13. The molecule has 0 aromatic carbocycles. The molecule has 0 amide bonds. The zero-order valence-corrected chi connectivity index (χ0v) is 10.3. The van der Waals surface area contributed by atoms with Crippen LogP contribution in [0.2, 0.25) is 0 Å². The lowest BCUT2D eigenvalue weighted by Crippen LogP contribution is -2.43. The van der Waals surface area contributed by atoms with E-state index in [1.165, 1.54) is 45.3 Å². The van der Waals surface area contributed by atoms with E-state index in [0.717, 1.165) is 5.82 Å². The molecule has 1 atom stereocenters. The second-order valence-corrected chi connectivity index (χ2v) is 5.22. The number of hydrogen-bond acceptors (Lipinski definition) is 5. The summed E-state index contributed by atoms with van der Waals surface area (Å²) in [6.45, 7) is 3.62. The highest BCUT2D eigenvalue weighted by atomic mass is 15.5. The van der Waals surface area contributed by atoms with E-state index >= 15 is 0 Å². The van der Waals surface area contributed by atoms with Gasteiger partial charge in [-0.3, -0.25) is 4.90 Å². The third kappa shape index (κ3) is 2.19. The van der Waals surface area contributed by atoms with Crippen molar-refractivity contribution >= 4 is 0 Å². The molecule has 0 saturated carbocycles. The quantitative estimate of drug-likeness (QED) is 0.807. The van der Waals surface area contributed by atoms with E-state index in [4.69, 9.17) is 0 Å². The van der Waals surface area contributed by atoms with Gasteiger partial charge < -0.3 is 4.90 Å². The van der Waals surface area contributed by atoms with Gasteiger partial charge in [0.15, 0.2) is 5.82 Å². The number of aromatic amines is 1. The average molecular weight is 236 g/mol. The van der Waals surface area contributed by atoms with Gasteiger partial charge in [-0.2, -0.15) is 0 Å². The van der Waals surface area contributed by atoms with E-state index in [1.807, 2.05) is 0 Å². The summed E-state index contributed by atoms with van der Waals surface area (Å²) in [7, 11) is 2.21. The van der Waals surface area contributed by atoms with Crippen molar-refractivity contribution in [3.05, 3.63) is 5.82 Å². The predicted octanol–water partition coefficient (Wildman–Crippen LogP) is 0.431. The fraction of sp³-hybridized carbons (Fsp3) is 0.909. The molecule has 0 aliphatic carbocycles. The molecule has 6 nitrogen and oxygen atoms in total. The molecule has 3 rings (SSSR count). The third-order valence-corrected chi connectivity index (χ3v) is 4.13. The summed E-state index contributed by atoms with van der Waals surface area (Å²) in [5.41, 5.74) is 0. The van der Waals surface area contributed by atoms with Gasteiger partial charge in [0.2, 0.25) is 0 Å². The van der Waals surface area contributed by atoms with Crippen molar-refractivity contribution < 1.29 is 0 Å². The van der Waals surface area contributed by atoms with Crippen LogP contribution in [0.25, 0.3) is 0 Å². The van der Waals surface area contributed by atoms with Crippen LogP contribution < -0.4 is 0 Å². The largest absolute Gasteiger partial charge is 0.306 e. The topological polar surface area (TPSA) is 60.9 Å². The highest BCUT2D eigenvalue weighted by Gasteiger charge is 2.34. The van der Waals surface area contributed by atoms with Gasteiger partial charge in [-0.1, -0.05) is 0 Å². The molecule has 6 heteroatoms. The molecule has 17 heavy (non-hydrogen) atoms. The first-order valence-corrected chi connectivity index (χ1v) is 6.52. The molecule has 2 aliphatic rings. The third-order valence-electron chi connectivity index (χ3n) is 4.13. The van der Waals surface area contributed by atoms with Gasteiger partial charge in [-0.25, -0.2) is 5.10 Å². The van der Waals surface area contributed by atoms with Crippen LogP contribution >= 0.6 is 0 Å². The maximum atomic E-state index is 4.09. The second-order valence-electron chi connectivity index (χ2n) is 5.22. The monoisotopic (exact) mass is 236 g/mol. The predicted molar refractivity (Wildman–Crippen MR) is 63.4 cm³/mol. The Balaban J connectivity index is 1.69. The molecule has 0 spiro atoms. The van der Waals surface area contributed by atoms with Gasteiger partial charge in [0.1, 0.15) is 0 Å². The second kappa shape index (κ2) is 4.70. The maximum absolute atomic E-state index is 4.09. The molecule has 94 valence electrons. The molecule has 0 radical (unpaired) electrons. The number of rotatable bonds is 2. The molecule has 2 saturated heterocycles. The van der Waals surface area contributed by atoms with Crippen molar-refractivity contribution in [2.24, 2.45) is 0 Å². The summed E-state index contributed by atoms with van der Waals surface area (Å²) in [6.07, 6.45) is 4.99. The van der Waals surface area contributed by atoms with Crippen LogP contribution in [-0.2, 0) is 0 Å². The summed E-state index contributed by atoms with van der Waals surface area (Å²) >= 11 is 0. The standard InChI is InChI=1S/C11H20N6/c1-16-7-4-9(5-8-16)17-6-2-3-10(17)11-12-14-15-13-11/h9-10H,2-8H2,1H3,(H,12,13,14,15). The summed E-state index contributed by atoms with van der Waals surface area (Å²) in [5, 5.41) is 14.4. The van der Waals surface area contributed by atoms with Crippen LogP contribution in [0.4, 0.5) is 0 Å². The first-order chi connectivity index (χ1) is 8.34. The smallest absolute Gasteiger partial charge is 0.165 e. The Kier molecular flexibility index (Phi) is 3.07. The number of hydrogen-bond donors (Lipinski definition) is 1. The molecule has 1 unspecified atom stereocenters. The lowest BCUT2D eigenvalue weighted by molar-refractivity contribution is 0.107. The van der Waals surface area contributed by atoms with Crippen molar-refractivity contribution in [1.82, 2.24) is 30.4 Å². The van der Waals surface area contributed by atoms with Crippen LogP contribution in [0.15, 0.2) is 0 Å². The molecule has 2 fully saturated rings. The number of H-pyrrole nitrogens is 1. The van der Waals surface area contributed by atoms with Gasteiger partial charge in [0.05, 0.1) is 6.04 Å². The Morgan fingerprint density at radius 2 is 2.00 bits per heavy atom. The van der Waals surface area contributed by atoms with Crippen LogP contribution in [0, 0.1) is 0 Å². The Bertz CT molecular complexity index is 343. The fourth-order valence-corrected chi connectivity index (χ4v) is 3.15. The summed E-state index contributed by atoms with van der Waals surface area (Å²) in [5.74, 6) is 0.946. The number of piperidine rings is 1. The SMILES string of the molecule is CN1CCC(N2CCCC2c2nnn[nH]2)CC1. The van der Waals surface area contributed by atoms with Gasteiger partial charge in [0.25, 0.3) is 0 Å². The van der Waals surface area contributed by atoms with Crippen LogP contribution in [0.1, 0.15) is 37.5 Å². The minimum Gasteiger partial charge on any atom is -0.306 e. The molecule has 2 aliphatic heterocycles. The molecule has 1 N–H and O–H groups in total. The van der Waals surface area contributed by atoms with Gasteiger partial charge in [0, 0.05) is 6.04 Å². The van der Waals surface area contributed by atoms with Gasteiger partial charge in [-0.15, -0.1) is 5.10 Å². The highest BCUT2D eigenvalue weighted by molar-refractivity contribution is 4.97. The Labute approximate surface area is 101 Å². The summed E-state index contributed by atoms with van der Waals surface area (Å²) in [4.78, 5) is 5.02. The van der Waals surface area contributed by atoms with Crippen LogP contribution in [-0.4, -0.2) is 63.1 Å². The van der Waals surface area contributed by atoms with Crippen molar-refractivity contribution in [2.75, 3.05) is 26.7 Å². The van der Waals surface area contributed by atoms with Crippen molar-refractivity contribution in [3.8, 4) is 0 Å². The number of nitrogens with one attached hydrogen (secondary N) is 1. The lowest BCUT2D eigenvalue weighted by atomic mass is 10.0. The normalized spacial score (nSPS) is 28.9. The lowest BCUT2D eigenvalue weighted by Gasteiger charge is -2.37. The zero-order valence-electron chi connectivity index (χ0n) is 10.3. The average Bonchev–Trinajstić information content (AvgIpc) is 3.00. The van der Waals surface area contributed by atoms with E-state index in [1.54, 1.807) is 0 Å². The van der Waals surface area contributed by atoms with Crippen molar-refractivity contribution in [2.45, 2.75) is 37.8 Å². The van der Waals surface area contributed by atoms with Crippen LogP contribution in [0.5, 0.6) is 0 Å². The Hall–Kier alpha value is -1.01. The Morgan fingerprint density at radius 3 is 2.71 bits per heavy atom. The number of likely N-dealkylation sites (tertiary alicyclic amines) is 2. The number of nitrogens with zero attached hydrogens (tertiary/aromatic N) is 5. The maximum Gasteiger partial charge on any atom is 0.165 e. The van der Waals surface area contributed by atoms with Crippen LogP contribution in [0.3, 0.4) is 0 Å². The molecule has 3 heterocycles. The fourth-order valence-electron chi connectivity index (χ4n) is 3.15. The van der Waals surface area contributed by atoms with Crippen molar-refractivity contribution in [1.29, 1.82) is 0 Å². The minimum absolute atomic E-state index is 0.415. The Morgan fingerprint density at radius 1 is 1.18 bits per heavy atom.